The minimum atomic E-state index is -0.253. The highest BCUT2D eigenvalue weighted by atomic mass is 35.5. The normalized spacial score (nSPS) is 10.7. The molecule has 0 bridgehead atoms. The maximum atomic E-state index is 12.1. The molecule has 27 heavy (non-hydrogen) atoms. The molecule has 134 valence electrons. The molecule has 0 aliphatic carbocycles. The molecule has 1 amide bonds. The van der Waals surface area contributed by atoms with Crippen molar-refractivity contribution in [2.45, 2.75) is 0 Å². The van der Waals surface area contributed by atoms with Crippen molar-refractivity contribution in [3.63, 3.8) is 0 Å². The lowest BCUT2D eigenvalue weighted by molar-refractivity contribution is -0.118. The van der Waals surface area contributed by atoms with E-state index in [0.717, 1.165) is 5.56 Å². The summed E-state index contributed by atoms with van der Waals surface area (Å²) in [5.74, 6) is 0.830. The number of ether oxygens (including phenoxy) is 1. The van der Waals surface area contributed by atoms with Crippen LogP contribution in [0.5, 0.6) is 5.75 Å². The third-order valence-corrected chi connectivity index (χ3v) is 4.18. The highest BCUT2D eigenvalue weighted by Crippen LogP contribution is 2.29. The molecule has 1 aromatic heterocycles. The zero-order chi connectivity index (χ0) is 18.6. The van der Waals surface area contributed by atoms with E-state index in [0.29, 0.717) is 33.4 Å². The van der Waals surface area contributed by atoms with Gasteiger partial charge in [-0.2, -0.15) is 0 Å². The Labute approximate surface area is 160 Å². The maximum absolute atomic E-state index is 12.1. The molecule has 5 nitrogen and oxygen atoms in total. The van der Waals surface area contributed by atoms with E-state index in [4.69, 9.17) is 20.8 Å². The van der Waals surface area contributed by atoms with Crippen LogP contribution in [0.4, 0.5) is 5.69 Å². The van der Waals surface area contributed by atoms with Crippen LogP contribution in [0.2, 0.25) is 5.02 Å². The summed E-state index contributed by atoms with van der Waals surface area (Å²) < 4.78 is 11.2. The number of halogens is 1. The van der Waals surface area contributed by atoms with E-state index in [-0.39, 0.29) is 12.5 Å². The largest absolute Gasteiger partial charge is 0.484 e. The van der Waals surface area contributed by atoms with Crippen molar-refractivity contribution in [2.75, 3.05) is 11.9 Å². The maximum Gasteiger partial charge on any atom is 0.262 e. The number of nitrogens with zero attached hydrogens (tertiary/aromatic N) is 1. The number of carbonyl (C=O) groups excluding carboxylic acids is 1. The van der Waals surface area contributed by atoms with Crippen LogP contribution in [0.15, 0.2) is 77.2 Å². The second-order valence-electron chi connectivity index (χ2n) is 5.84. The lowest BCUT2D eigenvalue weighted by Crippen LogP contribution is -2.20. The zero-order valence-corrected chi connectivity index (χ0v) is 14.9. The van der Waals surface area contributed by atoms with E-state index in [1.165, 1.54) is 0 Å². The van der Waals surface area contributed by atoms with Crippen LogP contribution < -0.4 is 10.1 Å². The van der Waals surface area contributed by atoms with Gasteiger partial charge in [0.25, 0.3) is 5.91 Å². The molecule has 6 heteroatoms. The summed E-state index contributed by atoms with van der Waals surface area (Å²) in [7, 11) is 0. The van der Waals surface area contributed by atoms with Gasteiger partial charge in [0.1, 0.15) is 11.3 Å². The Morgan fingerprint density at radius 2 is 1.85 bits per heavy atom. The molecule has 4 aromatic rings. The van der Waals surface area contributed by atoms with Crippen LogP contribution in [-0.4, -0.2) is 17.5 Å². The summed E-state index contributed by atoms with van der Waals surface area (Å²) in [5, 5.41) is 3.34. The standard InChI is InChI=1S/C21H15ClN2O3/c22-17-10-5-11-18-20(17)24-21(27-18)14-6-4-7-15(12-14)23-19(25)13-26-16-8-2-1-3-9-16/h1-12H,13H2,(H,23,25). The van der Waals surface area contributed by atoms with Crippen LogP contribution >= 0.6 is 11.6 Å². The lowest BCUT2D eigenvalue weighted by atomic mass is 10.2. The van der Waals surface area contributed by atoms with Gasteiger partial charge in [-0.25, -0.2) is 4.98 Å². The number of anilines is 1. The molecule has 4 rings (SSSR count). The summed E-state index contributed by atoms with van der Waals surface area (Å²) >= 11 is 6.15. The Hall–Kier alpha value is -3.31. The van der Waals surface area contributed by atoms with Gasteiger partial charge in [-0.3, -0.25) is 4.79 Å². The van der Waals surface area contributed by atoms with Gasteiger partial charge in [0, 0.05) is 11.3 Å². The number of amides is 1. The van der Waals surface area contributed by atoms with E-state index in [1.807, 2.05) is 42.5 Å². The molecule has 0 radical (unpaired) electrons. The zero-order valence-electron chi connectivity index (χ0n) is 14.2. The van der Waals surface area contributed by atoms with Crippen molar-refractivity contribution < 1.29 is 13.9 Å². The van der Waals surface area contributed by atoms with Crippen molar-refractivity contribution in [1.82, 2.24) is 4.98 Å². The number of hydrogen-bond acceptors (Lipinski definition) is 4. The lowest BCUT2D eigenvalue weighted by Gasteiger charge is -2.08. The predicted octanol–water partition coefficient (Wildman–Crippen LogP) is 5.17. The molecule has 0 spiro atoms. The quantitative estimate of drug-likeness (QED) is 0.520. The highest BCUT2D eigenvalue weighted by molar-refractivity contribution is 6.34. The van der Waals surface area contributed by atoms with Gasteiger partial charge < -0.3 is 14.5 Å². The first-order chi connectivity index (χ1) is 13.2. The molecule has 0 fully saturated rings. The molecule has 1 N–H and O–H groups in total. The fourth-order valence-corrected chi connectivity index (χ4v) is 2.84. The Kier molecular flexibility index (Phi) is 4.77. The molecular formula is C21H15ClN2O3. The average molecular weight is 379 g/mol. The molecule has 0 saturated carbocycles. The molecule has 3 aromatic carbocycles. The SMILES string of the molecule is O=C(COc1ccccc1)Nc1cccc(-c2nc3c(Cl)cccc3o2)c1. The third-order valence-electron chi connectivity index (χ3n) is 3.88. The Morgan fingerprint density at radius 1 is 1.04 bits per heavy atom. The topological polar surface area (TPSA) is 64.4 Å². The van der Waals surface area contributed by atoms with E-state index in [2.05, 4.69) is 10.3 Å². The number of hydrogen-bond donors (Lipinski definition) is 1. The van der Waals surface area contributed by atoms with Crippen molar-refractivity contribution in [3.8, 4) is 17.2 Å². The predicted molar refractivity (Wildman–Crippen MR) is 105 cm³/mol. The first-order valence-corrected chi connectivity index (χ1v) is 8.70. The smallest absolute Gasteiger partial charge is 0.262 e. The van der Waals surface area contributed by atoms with E-state index in [9.17, 15) is 4.79 Å². The molecule has 0 aliphatic heterocycles. The van der Waals surface area contributed by atoms with E-state index in [1.54, 1.807) is 30.3 Å². The van der Waals surface area contributed by atoms with Crippen LogP contribution in [0, 0.1) is 0 Å². The monoisotopic (exact) mass is 378 g/mol. The number of benzene rings is 3. The van der Waals surface area contributed by atoms with Gasteiger partial charge in [0.15, 0.2) is 12.2 Å². The summed E-state index contributed by atoms with van der Waals surface area (Å²) in [6.07, 6.45) is 0. The summed E-state index contributed by atoms with van der Waals surface area (Å²) in [5.41, 5.74) is 2.59. The van der Waals surface area contributed by atoms with Crippen LogP contribution in [-0.2, 0) is 4.79 Å². The van der Waals surface area contributed by atoms with Crippen molar-refractivity contribution in [3.05, 3.63) is 77.8 Å². The minimum absolute atomic E-state index is 0.0767. The molecular weight excluding hydrogens is 364 g/mol. The number of aromatic nitrogens is 1. The average Bonchev–Trinajstić information content (AvgIpc) is 3.13. The fraction of sp³-hybridized carbons (Fsp3) is 0.0476. The summed E-state index contributed by atoms with van der Waals surface area (Å²) in [6, 6.07) is 21.8. The Morgan fingerprint density at radius 3 is 2.67 bits per heavy atom. The second-order valence-corrected chi connectivity index (χ2v) is 6.24. The van der Waals surface area contributed by atoms with Gasteiger partial charge in [0.2, 0.25) is 5.89 Å². The number of oxazole rings is 1. The minimum Gasteiger partial charge on any atom is -0.484 e. The number of rotatable bonds is 5. The van der Waals surface area contributed by atoms with Gasteiger partial charge in [-0.1, -0.05) is 41.9 Å². The number of carbonyl (C=O) groups is 1. The summed E-state index contributed by atoms with van der Waals surface area (Å²) in [6.45, 7) is -0.0767. The molecule has 0 saturated heterocycles. The first kappa shape index (κ1) is 17.1. The Balaban J connectivity index is 1.48. The van der Waals surface area contributed by atoms with Gasteiger partial charge in [0.05, 0.1) is 5.02 Å². The van der Waals surface area contributed by atoms with Crippen molar-refractivity contribution in [1.29, 1.82) is 0 Å². The van der Waals surface area contributed by atoms with Crippen LogP contribution in [0.25, 0.3) is 22.6 Å². The molecule has 0 aliphatic rings. The number of para-hydroxylation sites is 2. The van der Waals surface area contributed by atoms with E-state index < -0.39 is 0 Å². The van der Waals surface area contributed by atoms with Gasteiger partial charge >= 0.3 is 0 Å². The van der Waals surface area contributed by atoms with Crippen LogP contribution in [0.3, 0.4) is 0 Å². The van der Waals surface area contributed by atoms with Gasteiger partial charge in [-0.15, -0.1) is 0 Å². The fourth-order valence-electron chi connectivity index (χ4n) is 2.63. The first-order valence-electron chi connectivity index (χ1n) is 8.32. The molecule has 0 unspecified atom stereocenters. The van der Waals surface area contributed by atoms with E-state index >= 15 is 0 Å². The molecule has 0 atom stereocenters. The van der Waals surface area contributed by atoms with Crippen molar-refractivity contribution in [2.24, 2.45) is 0 Å². The number of nitrogens with one attached hydrogen (secondary N) is 1. The molecule has 1 heterocycles. The Bertz CT molecular complexity index is 1090. The van der Waals surface area contributed by atoms with Gasteiger partial charge in [-0.05, 0) is 42.5 Å². The third kappa shape index (κ3) is 3.93. The van der Waals surface area contributed by atoms with Crippen molar-refractivity contribution >= 4 is 34.3 Å². The highest BCUT2D eigenvalue weighted by Gasteiger charge is 2.12. The van der Waals surface area contributed by atoms with Crippen LogP contribution in [0.1, 0.15) is 0 Å². The number of fused-ring (bicyclic) bond motifs is 1. The second kappa shape index (κ2) is 7.51. The summed E-state index contributed by atoms with van der Waals surface area (Å²) in [4.78, 5) is 16.6.